The van der Waals surface area contributed by atoms with Gasteiger partial charge in [0.05, 0.1) is 13.0 Å². The number of nitrogens with zero attached hydrogens (tertiary/aromatic N) is 1. The molecule has 4 nitrogen and oxygen atoms in total. The lowest BCUT2D eigenvalue weighted by Crippen LogP contribution is -2.52. The van der Waals surface area contributed by atoms with Crippen molar-refractivity contribution >= 4 is 11.6 Å². The van der Waals surface area contributed by atoms with Crippen LogP contribution in [0.25, 0.3) is 0 Å². The zero-order valence-electron chi connectivity index (χ0n) is 15.0. The second-order valence-corrected chi connectivity index (χ2v) is 6.70. The monoisotopic (exact) mass is 346 g/mol. The van der Waals surface area contributed by atoms with Gasteiger partial charge in [-0.15, -0.1) is 0 Å². The zero-order valence-corrected chi connectivity index (χ0v) is 15.0. The third-order valence-electron chi connectivity index (χ3n) is 5.00. The number of benzene rings is 2. The minimum atomic E-state index is -0.231. The van der Waals surface area contributed by atoms with Crippen molar-refractivity contribution in [2.75, 3.05) is 12.0 Å². The van der Waals surface area contributed by atoms with Crippen LogP contribution in [0.5, 0.6) is 5.75 Å². The first-order chi connectivity index (χ1) is 12.7. The number of allylic oxidation sites excluding steroid dienone is 3. The van der Waals surface area contributed by atoms with E-state index in [1.807, 2.05) is 47.4 Å². The Labute approximate surface area is 153 Å². The summed E-state index contributed by atoms with van der Waals surface area (Å²) in [4.78, 5) is 15.2. The van der Waals surface area contributed by atoms with E-state index in [1.165, 1.54) is 5.56 Å². The summed E-state index contributed by atoms with van der Waals surface area (Å²) in [5.41, 5.74) is 4.12. The van der Waals surface area contributed by atoms with Crippen molar-refractivity contribution in [1.82, 2.24) is 5.32 Å². The normalized spacial score (nSPS) is 21.7. The van der Waals surface area contributed by atoms with Crippen LogP contribution in [0.2, 0.25) is 0 Å². The van der Waals surface area contributed by atoms with Gasteiger partial charge in [-0.1, -0.05) is 42.0 Å². The number of carbonyl (C=O) groups is 1. The molecule has 1 heterocycles. The smallest absolute Gasteiger partial charge is 0.238 e. The molecular formula is C22H22N2O2. The van der Waals surface area contributed by atoms with Crippen LogP contribution in [0, 0.1) is 12.8 Å². The number of fused-ring (bicyclic) bond motifs is 1. The van der Waals surface area contributed by atoms with Gasteiger partial charge in [0.25, 0.3) is 0 Å². The van der Waals surface area contributed by atoms with Crippen LogP contribution in [0.15, 0.2) is 72.5 Å². The van der Waals surface area contributed by atoms with Crippen LogP contribution in [0.3, 0.4) is 0 Å². The van der Waals surface area contributed by atoms with Gasteiger partial charge in [-0.3, -0.25) is 9.69 Å². The summed E-state index contributed by atoms with van der Waals surface area (Å²) < 4.78 is 5.26. The van der Waals surface area contributed by atoms with Crippen molar-refractivity contribution in [3.05, 3.63) is 83.6 Å². The van der Waals surface area contributed by atoms with Gasteiger partial charge in [0, 0.05) is 11.4 Å². The fraction of sp³-hybridized carbons (Fsp3) is 0.227. The molecule has 0 aromatic heterocycles. The Balaban J connectivity index is 1.77. The SMILES string of the molecule is COc1ccc(N2C(=O)[C@H]3CC=CC=C3N[C@H]2c2ccc(C)cc2)cc1. The van der Waals surface area contributed by atoms with Gasteiger partial charge in [0.2, 0.25) is 5.91 Å². The first kappa shape index (κ1) is 16.5. The number of rotatable bonds is 3. The second-order valence-electron chi connectivity index (χ2n) is 6.70. The molecule has 1 saturated heterocycles. The van der Waals surface area contributed by atoms with Gasteiger partial charge in [-0.2, -0.15) is 0 Å². The van der Waals surface area contributed by atoms with E-state index in [0.29, 0.717) is 0 Å². The molecule has 4 heteroatoms. The van der Waals surface area contributed by atoms with E-state index in [2.05, 4.69) is 36.5 Å². The number of carbonyl (C=O) groups excluding carboxylic acids is 1. The summed E-state index contributed by atoms with van der Waals surface area (Å²) in [7, 11) is 1.64. The Morgan fingerprint density at radius 3 is 2.50 bits per heavy atom. The van der Waals surface area contributed by atoms with E-state index in [4.69, 9.17) is 4.74 Å². The van der Waals surface area contributed by atoms with Crippen LogP contribution >= 0.6 is 0 Å². The van der Waals surface area contributed by atoms with Crippen molar-refractivity contribution in [1.29, 1.82) is 0 Å². The van der Waals surface area contributed by atoms with E-state index in [1.54, 1.807) is 7.11 Å². The predicted molar refractivity (Wildman–Crippen MR) is 103 cm³/mol. The first-order valence-corrected chi connectivity index (χ1v) is 8.84. The molecule has 2 aliphatic rings. The summed E-state index contributed by atoms with van der Waals surface area (Å²) >= 11 is 0. The van der Waals surface area contributed by atoms with Crippen molar-refractivity contribution in [3.63, 3.8) is 0 Å². The molecule has 0 saturated carbocycles. The molecule has 26 heavy (non-hydrogen) atoms. The van der Waals surface area contributed by atoms with E-state index >= 15 is 0 Å². The van der Waals surface area contributed by atoms with Crippen LogP contribution in [0.1, 0.15) is 23.7 Å². The lowest BCUT2D eigenvalue weighted by molar-refractivity contribution is -0.123. The van der Waals surface area contributed by atoms with Crippen LogP contribution in [-0.4, -0.2) is 13.0 Å². The maximum Gasteiger partial charge on any atom is 0.238 e. The molecule has 1 N–H and O–H groups in total. The van der Waals surface area contributed by atoms with E-state index in [-0.39, 0.29) is 18.0 Å². The van der Waals surface area contributed by atoms with Gasteiger partial charge < -0.3 is 10.1 Å². The standard InChI is InChI=1S/C22H22N2O2/c1-15-7-9-16(10-8-15)21-23-20-6-4-3-5-19(20)22(25)24(21)17-11-13-18(26-2)14-12-17/h3-4,6-14,19,21,23H,5H2,1-2H3/t19-,21+/m0/s1. The Kier molecular flexibility index (Phi) is 4.25. The third-order valence-corrected chi connectivity index (χ3v) is 5.00. The number of hydrogen-bond donors (Lipinski definition) is 1. The highest BCUT2D eigenvalue weighted by Crippen LogP contribution is 2.37. The van der Waals surface area contributed by atoms with Gasteiger partial charge in [0.1, 0.15) is 11.9 Å². The lowest BCUT2D eigenvalue weighted by Gasteiger charge is -2.42. The molecule has 0 bridgehead atoms. The third kappa shape index (κ3) is 2.88. The van der Waals surface area contributed by atoms with Gasteiger partial charge in [-0.05, 0) is 49.2 Å². The number of amides is 1. The number of methoxy groups -OCH3 is 1. The molecular weight excluding hydrogens is 324 g/mol. The number of aryl methyl sites for hydroxylation is 1. The fourth-order valence-electron chi connectivity index (χ4n) is 3.53. The highest BCUT2D eigenvalue weighted by Gasteiger charge is 2.39. The minimum Gasteiger partial charge on any atom is -0.497 e. The zero-order chi connectivity index (χ0) is 18.1. The largest absolute Gasteiger partial charge is 0.497 e. The van der Waals surface area contributed by atoms with Crippen molar-refractivity contribution in [3.8, 4) is 5.75 Å². The molecule has 0 radical (unpaired) electrons. The van der Waals surface area contributed by atoms with E-state index in [9.17, 15) is 4.79 Å². The Morgan fingerprint density at radius 2 is 1.81 bits per heavy atom. The molecule has 1 amide bonds. The van der Waals surface area contributed by atoms with Gasteiger partial charge >= 0.3 is 0 Å². The minimum absolute atomic E-state index is 0.120. The molecule has 2 atom stereocenters. The molecule has 132 valence electrons. The molecule has 4 rings (SSSR count). The molecule has 2 aromatic carbocycles. The van der Waals surface area contributed by atoms with Crippen molar-refractivity contribution in [2.24, 2.45) is 5.92 Å². The van der Waals surface area contributed by atoms with Crippen LogP contribution in [-0.2, 0) is 4.79 Å². The molecule has 1 aliphatic carbocycles. The Hall–Kier alpha value is -3.01. The number of ether oxygens (including phenoxy) is 1. The highest BCUT2D eigenvalue weighted by atomic mass is 16.5. The first-order valence-electron chi connectivity index (χ1n) is 8.84. The summed E-state index contributed by atoms with van der Waals surface area (Å²) in [6, 6.07) is 16.0. The van der Waals surface area contributed by atoms with Crippen LogP contribution in [0.4, 0.5) is 5.69 Å². The van der Waals surface area contributed by atoms with Gasteiger partial charge in [-0.25, -0.2) is 0 Å². The summed E-state index contributed by atoms with van der Waals surface area (Å²) in [6.07, 6.45) is 6.57. The number of hydrogen-bond acceptors (Lipinski definition) is 3. The van der Waals surface area contributed by atoms with Crippen LogP contribution < -0.4 is 15.0 Å². The highest BCUT2D eigenvalue weighted by molar-refractivity contribution is 5.99. The van der Waals surface area contributed by atoms with Crippen molar-refractivity contribution < 1.29 is 9.53 Å². The molecule has 2 aromatic rings. The topological polar surface area (TPSA) is 41.6 Å². The number of nitrogens with one attached hydrogen (secondary N) is 1. The molecule has 1 aliphatic heterocycles. The summed E-state index contributed by atoms with van der Waals surface area (Å²) in [5, 5.41) is 3.58. The van der Waals surface area contributed by atoms with Crippen molar-refractivity contribution in [2.45, 2.75) is 19.5 Å². The predicted octanol–water partition coefficient (Wildman–Crippen LogP) is 4.10. The molecule has 0 spiro atoms. The second kappa shape index (κ2) is 6.71. The van der Waals surface area contributed by atoms with Gasteiger partial charge in [0.15, 0.2) is 0 Å². The maximum absolute atomic E-state index is 13.3. The number of anilines is 1. The fourth-order valence-corrected chi connectivity index (χ4v) is 3.53. The Bertz CT molecular complexity index is 866. The quantitative estimate of drug-likeness (QED) is 0.910. The van der Waals surface area contributed by atoms with E-state index < -0.39 is 0 Å². The maximum atomic E-state index is 13.3. The Morgan fingerprint density at radius 1 is 1.08 bits per heavy atom. The molecule has 0 unspecified atom stereocenters. The summed E-state index contributed by atoms with van der Waals surface area (Å²) in [6.45, 7) is 2.06. The average Bonchev–Trinajstić information content (AvgIpc) is 2.69. The summed E-state index contributed by atoms with van der Waals surface area (Å²) in [5.74, 6) is 0.748. The lowest BCUT2D eigenvalue weighted by atomic mass is 9.90. The van der Waals surface area contributed by atoms with E-state index in [0.717, 1.165) is 29.1 Å². The average molecular weight is 346 g/mol. The molecule has 1 fully saturated rings.